The van der Waals surface area contributed by atoms with Crippen LogP contribution in [0.2, 0.25) is 0 Å². The van der Waals surface area contributed by atoms with E-state index in [4.69, 9.17) is 0 Å². The van der Waals surface area contributed by atoms with Crippen molar-refractivity contribution in [3.63, 3.8) is 0 Å². The van der Waals surface area contributed by atoms with Crippen LogP contribution in [-0.2, 0) is 0 Å². The summed E-state index contributed by atoms with van der Waals surface area (Å²) in [4.78, 5) is 0. The Hall–Kier alpha value is -1.06. The summed E-state index contributed by atoms with van der Waals surface area (Å²) < 4.78 is 0. The van der Waals surface area contributed by atoms with E-state index >= 15 is 0 Å². The van der Waals surface area contributed by atoms with Crippen LogP contribution in [0.1, 0.15) is 50.7 Å². The van der Waals surface area contributed by atoms with E-state index < -0.39 is 6.10 Å². The highest BCUT2D eigenvalue weighted by molar-refractivity contribution is 5.27. The number of phenols is 1. The van der Waals surface area contributed by atoms with Gasteiger partial charge in [0.05, 0.1) is 6.10 Å². The second kappa shape index (κ2) is 6.21. The lowest BCUT2D eigenvalue weighted by molar-refractivity contribution is 0.125. The smallest absolute Gasteiger partial charge is 0.115 e. The zero-order valence-electron chi connectivity index (χ0n) is 11.0. The Labute approximate surface area is 109 Å². The lowest BCUT2D eigenvalue weighted by Crippen LogP contribution is -2.41. The van der Waals surface area contributed by atoms with Gasteiger partial charge in [-0.1, -0.05) is 31.4 Å². The second-order valence-electron chi connectivity index (χ2n) is 5.33. The Kier molecular flexibility index (Phi) is 4.61. The van der Waals surface area contributed by atoms with Crippen LogP contribution in [0.3, 0.4) is 0 Å². The molecule has 1 aliphatic rings. The highest BCUT2D eigenvalue weighted by Crippen LogP contribution is 2.22. The lowest BCUT2D eigenvalue weighted by atomic mass is 9.94. The van der Waals surface area contributed by atoms with E-state index in [0.717, 1.165) is 5.56 Å². The minimum atomic E-state index is -0.521. The lowest BCUT2D eigenvalue weighted by Gasteiger charge is -2.29. The van der Waals surface area contributed by atoms with Crippen molar-refractivity contribution in [1.29, 1.82) is 0 Å². The zero-order chi connectivity index (χ0) is 13.0. The molecule has 0 amide bonds. The molecular formula is C15H23NO2. The van der Waals surface area contributed by atoms with Crippen molar-refractivity contribution in [2.75, 3.05) is 0 Å². The quantitative estimate of drug-likeness (QED) is 0.769. The van der Waals surface area contributed by atoms with Gasteiger partial charge in [0.25, 0.3) is 0 Å². The predicted octanol–water partition coefficient (Wildman–Crippen LogP) is 2.74. The Balaban J connectivity index is 1.91. The van der Waals surface area contributed by atoms with Gasteiger partial charge in [-0.25, -0.2) is 0 Å². The second-order valence-corrected chi connectivity index (χ2v) is 5.33. The number of aliphatic hydroxyl groups is 1. The van der Waals surface area contributed by atoms with Crippen LogP contribution in [0.15, 0.2) is 24.3 Å². The van der Waals surface area contributed by atoms with Gasteiger partial charge >= 0.3 is 0 Å². The normalized spacial score (nSPS) is 20.6. The van der Waals surface area contributed by atoms with Crippen LogP contribution in [0.5, 0.6) is 5.75 Å². The van der Waals surface area contributed by atoms with Crippen LogP contribution >= 0.6 is 0 Å². The molecule has 3 N–H and O–H groups in total. The maximum atomic E-state index is 10.3. The van der Waals surface area contributed by atoms with E-state index in [1.165, 1.54) is 32.1 Å². The van der Waals surface area contributed by atoms with E-state index in [9.17, 15) is 10.2 Å². The molecule has 1 aromatic rings. The van der Waals surface area contributed by atoms with Crippen molar-refractivity contribution < 1.29 is 10.2 Å². The third kappa shape index (κ3) is 3.47. The van der Waals surface area contributed by atoms with Crippen molar-refractivity contribution in [1.82, 2.24) is 5.32 Å². The van der Waals surface area contributed by atoms with Crippen LogP contribution in [0.4, 0.5) is 0 Å². The molecule has 0 heterocycles. The fourth-order valence-electron chi connectivity index (χ4n) is 2.69. The van der Waals surface area contributed by atoms with E-state index in [1.807, 2.05) is 6.92 Å². The zero-order valence-corrected chi connectivity index (χ0v) is 11.0. The SMILES string of the molecule is C[C@H](NC1CCCCC1)[C@H](O)c1ccc(O)cc1. The van der Waals surface area contributed by atoms with Gasteiger partial charge in [-0.05, 0) is 37.5 Å². The molecule has 1 aliphatic carbocycles. The molecule has 0 spiro atoms. The first-order chi connectivity index (χ1) is 8.66. The number of aliphatic hydroxyl groups excluding tert-OH is 1. The highest BCUT2D eigenvalue weighted by Gasteiger charge is 2.21. The molecule has 0 bridgehead atoms. The minimum Gasteiger partial charge on any atom is -0.508 e. The average molecular weight is 249 g/mol. The largest absolute Gasteiger partial charge is 0.508 e. The number of hydrogen-bond donors (Lipinski definition) is 3. The maximum Gasteiger partial charge on any atom is 0.115 e. The Bertz CT molecular complexity index is 357. The summed E-state index contributed by atoms with van der Waals surface area (Å²) in [5, 5.41) is 23.0. The van der Waals surface area contributed by atoms with Gasteiger partial charge in [0.15, 0.2) is 0 Å². The summed E-state index contributed by atoms with van der Waals surface area (Å²) >= 11 is 0. The molecule has 0 saturated heterocycles. The molecule has 3 heteroatoms. The highest BCUT2D eigenvalue weighted by atomic mass is 16.3. The van der Waals surface area contributed by atoms with Crippen molar-refractivity contribution in [3.05, 3.63) is 29.8 Å². The predicted molar refractivity (Wildman–Crippen MR) is 72.5 cm³/mol. The van der Waals surface area contributed by atoms with Gasteiger partial charge in [0.1, 0.15) is 5.75 Å². The summed E-state index contributed by atoms with van der Waals surface area (Å²) in [6, 6.07) is 7.37. The molecule has 1 saturated carbocycles. The Morgan fingerprint density at radius 2 is 1.72 bits per heavy atom. The molecular weight excluding hydrogens is 226 g/mol. The van der Waals surface area contributed by atoms with Crippen molar-refractivity contribution >= 4 is 0 Å². The standard InChI is InChI=1S/C15H23NO2/c1-11(16-13-5-3-2-4-6-13)15(18)12-7-9-14(17)10-8-12/h7-11,13,15-18H,2-6H2,1H3/t11-,15-/m0/s1. The first-order valence-electron chi connectivity index (χ1n) is 6.90. The molecule has 0 aliphatic heterocycles. The summed E-state index contributed by atoms with van der Waals surface area (Å²) in [5.74, 6) is 0.235. The fraction of sp³-hybridized carbons (Fsp3) is 0.600. The minimum absolute atomic E-state index is 0.0395. The van der Waals surface area contributed by atoms with Crippen LogP contribution < -0.4 is 5.32 Å². The summed E-state index contributed by atoms with van der Waals surface area (Å²) in [6.45, 7) is 2.02. The van der Waals surface area contributed by atoms with E-state index in [-0.39, 0.29) is 11.8 Å². The van der Waals surface area contributed by atoms with Crippen molar-refractivity contribution in [2.45, 2.75) is 57.2 Å². The van der Waals surface area contributed by atoms with Gasteiger partial charge in [-0.3, -0.25) is 0 Å². The molecule has 1 fully saturated rings. The number of hydrogen-bond acceptors (Lipinski definition) is 3. The number of aromatic hydroxyl groups is 1. The molecule has 2 atom stereocenters. The van der Waals surface area contributed by atoms with Gasteiger partial charge < -0.3 is 15.5 Å². The van der Waals surface area contributed by atoms with Crippen molar-refractivity contribution in [3.8, 4) is 5.75 Å². The van der Waals surface area contributed by atoms with Gasteiger partial charge in [-0.2, -0.15) is 0 Å². The Morgan fingerprint density at radius 1 is 1.11 bits per heavy atom. The van der Waals surface area contributed by atoms with Gasteiger partial charge in [0.2, 0.25) is 0 Å². The number of nitrogens with one attached hydrogen (secondary N) is 1. The van der Waals surface area contributed by atoms with Crippen LogP contribution in [0.25, 0.3) is 0 Å². The third-order valence-electron chi connectivity index (χ3n) is 3.81. The average Bonchev–Trinajstić information content (AvgIpc) is 2.40. The van der Waals surface area contributed by atoms with Gasteiger partial charge in [0, 0.05) is 12.1 Å². The van der Waals surface area contributed by atoms with E-state index in [0.29, 0.717) is 6.04 Å². The van der Waals surface area contributed by atoms with E-state index in [2.05, 4.69) is 5.32 Å². The first kappa shape index (κ1) is 13.4. The molecule has 0 aromatic heterocycles. The monoisotopic (exact) mass is 249 g/mol. The number of benzene rings is 1. The first-order valence-corrected chi connectivity index (χ1v) is 6.90. The summed E-state index contributed by atoms with van der Waals surface area (Å²) in [5.41, 5.74) is 0.851. The number of rotatable bonds is 4. The third-order valence-corrected chi connectivity index (χ3v) is 3.81. The molecule has 3 nitrogen and oxygen atoms in total. The summed E-state index contributed by atoms with van der Waals surface area (Å²) in [7, 11) is 0. The molecule has 18 heavy (non-hydrogen) atoms. The molecule has 100 valence electrons. The molecule has 2 rings (SSSR count). The topological polar surface area (TPSA) is 52.5 Å². The van der Waals surface area contributed by atoms with Gasteiger partial charge in [-0.15, -0.1) is 0 Å². The summed E-state index contributed by atoms with van der Waals surface area (Å²) in [6.07, 6.45) is 5.83. The molecule has 0 unspecified atom stereocenters. The van der Waals surface area contributed by atoms with Crippen LogP contribution in [0, 0.1) is 0 Å². The number of phenolic OH excluding ortho intramolecular Hbond substituents is 1. The maximum absolute atomic E-state index is 10.3. The van der Waals surface area contributed by atoms with Crippen LogP contribution in [-0.4, -0.2) is 22.3 Å². The van der Waals surface area contributed by atoms with E-state index in [1.54, 1.807) is 24.3 Å². The molecule has 1 aromatic carbocycles. The fourth-order valence-corrected chi connectivity index (χ4v) is 2.69. The van der Waals surface area contributed by atoms with Crippen molar-refractivity contribution in [2.24, 2.45) is 0 Å². The molecule has 0 radical (unpaired) electrons. The Morgan fingerprint density at radius 3 is 2.33 bits per heavy atom.